The summed E-state index contributed by atoms with van der Waals surface area (Å²) in [6.45, 7) is 5.45. The van der Waals surface area contributed by atoms with Gasteiger partial charge in [-0.25, -0.2) is 0 Å². The molecule has 118 valence electrons. The highest BCUT2D eigenvalue weighted by Crippen LogP contribution is 2.41. The molecule has 3 rings (SSSR count). The summed E-state index contributed by atoms with van der Waals surface area (Å²) in [7, 11) is 0. The van der Waals surface area contributed by atoms with Gasteiger partial charge in [0.2, 0.25) is 11.8 Å². The van der Waals surface area contributed by atoms with E-state index in [1.54, 1.807) is 0 Å². The molecule has 1 spiro atoms. The second-order valence-corrected chi connectivity index (χ2v) is 7.12. The topological polar surface area (TPSA) is 58.6 Å². The molecule has 21 heavy (non-hydrogen) atoms. The maximum atomic E-state index is 13.0. The van der Waals surface area contributed by atoms with Gasteiger partial charge in [0.05, 0.1) is 12.6 Å². The zero-order valence-corrected chi connectivity index (χ0v) is 13.1. The summed E-state index contributed by atoms with van der Waals surface area (Å²) >= 11 is 0. The van der Waals surface area contributed by atoms with Crippen molar-refractivity contribution in [1.82, 2.24) is 10.2 Å². The summed E-state index contributed by atoms with van der Waals surface area (Å²) in [5.74, 6) is 0.566. The van der Waals surface area contributed by atoms with Gasteiger partial charge >= 0.3 is 0 Å². The summed E-state index contributed by atoms with van der Waals surface area (Å²) < 4.78 is 5.49. The minimum absolute atomic E-state index is 0.0668. The van der Waals surface area contributed by atoms with Crippen LogP contribution in [-0.2, 0) is 14.3 Å². The van der Waals surface area contributed by atoms with Crippen LogP contribution in [0.5, 0.6) is 0 Å². The molecule has 0 aromatic rings. The van der Waals surface area contributed by atoms with Gasteiger partial charge in [-0.05, 0) is 31.6 Å². The molecule has 0 aromatic heterocycles. The van der Waals surface area contributed by atoms with E-state index >= 15 is 0 Å². The summed E-state index contributed by atoms with van der Waals surface area (Å²) in [5.41, 5.74) is -0.594. The van der Waals surface area contributed by atoms with Crippen molar-refractivity contribution in [3.05, 3.63) is 0 Å². The Kier molecular flexibility index (Phi) is 3.95. The maximum Gasteiger partial charge on any atom is 0.246 e. The molecule has 2 unspecified atom stereocenters. The van der Waals surface area contributed by atoms with Crippen molar-refractivity contribution in [2.45, 2.75) is 70.0 Å². The molecule has 3 aliphatic rings. The first-order chi connectivity index (χ1) is 10.0. The lowest BCUT2D eigenvalue weighted by molar-refractivity contribution is -0.161. The highest BCUT2D eigenvalue weighted by Gasteiger charge is 2.56. The SMILES string of the molecule is CC(C)CC1NC(=O)C2(CCCC2)N(C2CCOC2)C1=O. The molecule has 0 bridgehead atoms. The third kappa shape index (κ3) is 2.45. The van der Waals surface area contributed by atoms with Crippen molar-refractivity contribution in [3.63, 3.8) is 0 Å². The molecule has 0 radical (unpaired) electrons. The second-order valence-electron chi connectivity index (χ2n) is 7.12. The van der Waals surface area contributed by atoms with Gasteiger partial charge in [0.25, 0.3) is 0 Å². The number of carbonyl (C=O) groups excluding carboxylic acids is 2. The molecule has 5 heteroatoms. The predicted molar refractivity (Wildman–Crippen MR) is 78.7 cm³/mol. The van der Waals surface area contributed by atoms with E-state index in [1.807, 2.05) is 4.90 Å². The van der Waals surface area contributed by atoms with E-state index in [9.17, 15) is 9.59 Å². The van der Waals surface area contributed by atoms with E-state index in [2.05, 4.69) is 19.2 Å². The standard InChI is InChI=1S/C16H26N2O3/c1-11(2)9-13-14(19)18(12-5-8-21-10-12)16(15(20)17-13)6-3-4-7-16/h11-13H,3-10H2,1-2H3,(H,17,20). The highest BCUT2D eigenvalue weighted by molar-refractivity contribution is 6.00. The van der Waals surface area contributed by atoms with Crippen LogP contribution in [0.4, 0.5) is 0 Å². The van der Waals surface area contributed by atoms with E-state index in [1.165, 1.54) is 0 Å². The van der Waals surface area contributed by atoms with Crippen LogP contribution in [0, 0.1) is 5.92 Å². The monoisotopic (exact) mass is 294 g/mol. The average molecular weight is 294 g/mol. The quantitative estimate of drug-likeness (QED) is 0.857. The third-order valence-corrected chi connectivity index (χ3v) is 5.13. The first-order valence-corrected chi connectivity index (χ1v) is 8.26. The van der Waals surface area contributed by atoms with Gasteiger partial charge < -0.3 is 15.0 Å². The largest absolute Gasteiger partial charge is 0.379 e. The molecule has 1 N–H and O–H groups in total. The van der Waals surface area contributed by atoms with Crippen molar-refractivity contribution >= 4 is 11.8 Å². The van der Waals surface area contributed by atoms with Crippen molar-refractivity contribution in [1.29, 1.82) is 0 Å². The first-order valence-electron chi connectivity index (χ1n) is 8.26. The number of piperazine rings is 1. The van der Waals surface area contributed by atoms with Crippen LogP contribution in [0.15, 0.2) is 0 Å². The Hall–Kier alpha value is -1.10. The molecule has 2 saturated heterocycles. The third-order valence-electron chi connectivity index (χ3n) is 5.13. The van der Waals surface area contributed by atoms with Gasteiger partial charge in [0.1, 0.15) is 11.6 Å². The fraction of sp³-hybridized carbons (Fsp3) is 0.875. The molecule has 1 saturated carbocycles. The molecule has 0 aromatic carbocycles. The zero-order chi connectivity index (χ0) is 15.0. The minimum Gasteiger partial charge on any atom is -0.379 e. The average Bonchev–Trinajstić information content (AvgIpc) is 3.08. The summed E-state index contributed by atoms with van der Waals surface area (Å²) in [6, 6.07) is -0.277. The van der Waals surface area contributed by atoms with E-state index in [0.29, 0.717) is 25.6 Å². The van der Waals surface area contributed by atoms with E-state index in [4.69, 9.17) is 4.74 Å². The second kappa shape index (κ2) is 5.59. The minimum atomic E-state index is -0.594. The smallest absolute Gasteiger partial charge is 0.246 e. The normalized spacial score (nSPS) is 32.2. The molecule has 2 heterocycles. The predicted octanol–water partition coefficient (Wildman–Crippen LogP) is 1.46. The van der Waals surface area contributed by atoms with Crippen LogP contribution in [0.1, 0.15) is 52.4 Å². The molecule has 2 atom stereocenters. The number of carbonyl (C=O) groups is 2. The van der Waals surface area contributed by atoms with Crippen molar-refractivity contribution in [2.24, 2.45) is 5.92 Å². The lowest BCUT2D eigenvalue weighted by Crippen LogP contribution is -2.72. The number of amides is 2. The molecule has 5 nitrogen and oxygen atoms in total. The van der Waals surface area contributed by atoms with E-state index in [-0.39, 0.29) is 23.9 Å². The number of hydrogen-bond acceptors (Lipinski definition) is 3. The Bertz CT molecular complexity index is 423. The van der Waals surface area contributed by atoms with Gasteiger partial charge in [-0.3, -0.25) is 9.59 Å². The van der Waals surface area contributed by atoms with Gasteiger partial charge in [0.15, 0.2) is 0 Å². The molecular weight excluding hydrogens is 268 g/mol. The molecular formula is C16H26N2O3. The Morgan fingerprint density at radius 3 is 2.62 bits per heavy atom. The lowest BCUT2D eigenvalue weighted by atomic mass is 9.86. The molecule has 3 fully saturated rings. The number of nitrogens with zero attached hydrogens (tertiary/aromatic N) is 1. The molecule has 2 aliphatic heterocycles. The van der Waals surface area contributed by atoms with Crippen LogP contribution >= 0.6 is 0 Å². The van der Waals surface area contributed by atoms with Crippen LogP contribution in [0.2, 0.25) is 0 Å². The fourth-order valence-corrected chi connectivity index (χ4v) is 4.16. The summed E-state index contributed by atoms with van der Waals surface area (Å²) in [5, 5.41) is 3.01. The Morgan fingerprint density at radius 1 is 1.33 bits per heavy atom. The first kappa shape index (κ1) is 14.8. The van der Waals surface area contributed by atoms with Gasteiger partial charge in [-0.2, -0.15) is 0 Å². The molecule has 1 aliphatic carbocycles. The van der Waals surface area contributed by atoms with Crippen molar-refractivity contribution < 1.29 is 14.3 Å². The van der Waals surface area contributed by atoms with E-state index in [0.717, 1.165) is 32.1 Å². The number of rotatable bonds is 3. The Balaban J connectivity index is 1.90. The van der Waals surface area contributed by atoms with Crippen molar-refractivity contribution in [2.75, 3.05) is 13.2 Å². The lowest BCUT2D eigenvalue weighted by Gasteiger charge is -2.49. The van der Waals surface area contributed by atoms with Crippen LogP contribution < -0.4 is 5.32 Å². The highest BCUT2D eigenvalue weighted by atomic mass is 16.5. The Morgan fingerprint density at radius 2 is 2.05 bits per heavy atom. The van der Waals surface area contributed by atoms with Gasteiger partial charge in [-0.15, -0.1) is 0 Å². The zero-order valence-electron chi connectivity index (χ0n) is 13.1. The van der Waals surface area contributed by atoms with Crippen LogP contribution in [0.25, 0.3) is 0 Å². The number of hydrogen-bond donors (Lipinski definition) is 1. The van der Waals surface area contributed by atoms with Gasteiger partial charge in [-0.1, -0.05) is 26.7 Å². The Labute approximate surface area is 126 Å². The van der Waals surface area contributed by atoms with Gasteiger partial charge in [0, 0.05) is 6.61 Å². The number of nitrogens with one attached hydrogen (secondary N) is 1. The van der Waals surface area contributed by atoms with Crippen molar-refractivity contribution in [3.8, 4) is 0 Å². The summed E-state index contributed by atoms with van der Waals surface area (Å²) in [4.78, 5) is 27.7. The fourth-order valence-electron chi connectivity index (χ4n) is 4.16. The van der Waals surface area contributed by atoms with E-state index < -0.39 is 5.54 Å². The van der Waals surface area contributed by atoms with Crippen LogP contribution in [0.3, 0.4) is 0 Å². The summed E-state index contributed by atoms with van der Waals surface area (Å²) in [6.07, 6.45) is 5.23. The van der Waals surface area contributed by atoms with Crippen LogP contribution in [-0.4, -0.2) is 47.6 Å². The number of ether oxygens (including phenoxy) is 1. The maximum absolute atomic E-state index is 13.0. The molecule has 2 amide bonds.